The first-order valence-electron chi connectivity index (χ1n) is 13.3. The molecule has 41 heavy (non-hydrogen) atoms. The summed E-state index contributed by atoms with van der Waals surface area (Å²) in [6.45, 7) is 5.07. The van der Waals surface area contributed by atoms with Crippen LogP contribution in [0.3, 0.4) is 0 Å². The SMILES string of the molecule is CSCC[C@H](NN(C(=O)OC(C)(C)C)C1CCN(c2c(F)cc3c(=O)c(C(=O)O)cn(C4CC4)c3c2F)C1)C(=O)O. The number of hydrogen-bond donors (Lipinski definition) is 3. The van der Waals surface area contributed by atoms with E-state index in [-0.39, 0.29) is 42.9 Å². The number of aromatic nitrogens is 1. The lowest BCUT2D eigenvalue weighted by atomic mass is 10.1. The Hall–Kier alpha value is -3.39. The molecule has 0 bridgehead atoms. The van der Waals surface area contributed by atoms with Gasteiger partial charge in [-0.25, -0.2) is 28.8 Å². The predicted octanol–water partition coefficient (Wildman–Crippen LogP) is 3.84. The van der Waals surface area contributed by atoms with Gasteiger partial charge in [0.1, 0.15) is 28.7 Å². The quantitative estimate of drug-likeness (QED) is 0.347. The van der Waals surface area contributed by atoms with E-state index in [4.69, 9.17) is 4.74 Å². The number of carbonyl (C=O) groups excluding carboxylic acids is 1. The number of hydrogen-bond acceptors (Lipinski definition) is 8. The van der Waals surface area contributed by atoms with E-state index in [1.165, 1.54) is 21.2 Å². The topological polar surface area (TPSA) is 141 Å². The van der Waals surface area contributed by atoms with Gasteiger partial charge < -0.3 is 24.4 Å². The van der Waals surface area contributed by atoms with Crippen LogP contribution in [0.2, 0.25) is 0 Å². The van der Waals surface area contributed by atoms with Crippen molar-refractivity contribution in [2.75, 3.05) is 30.0 Å². The lowest BCUT2D eigenvalue weighted by Crippen LogP contribution is -2.57. The zero-order valence-electron chi connectivity index (χ0n) is 23.3. The van der Waals surface area contributed by atoms with Crippen molar-refractivity contribution < 1.29 is 38.1 Å². The van der Waals surface area contributed by atoms with Crippen molar-refractivity contribution >= 4 is 46.4 Å². The molecule has 1 aliphatic carbocycles. The predicted molar refractivity (Wildman–Crippen MR) is 150 cm³/mol. The first-order valence-corrected chi connectivity index (χ1v) is 14.7. The summed E-state index contributed by atoms with van der Waals surface area (Å²) in [5.41, 5.74) is -0.229. The number of hydrazine groups is 1. The first kappa shape index (κ1) is 30.6. The number of aromatic carboxylic acids is 1. The summed E-state index contributed by atoms with van der Waals surface area (Å²) < 4.78 is 38.5. The van der Waals surface area contributed by atoms with Gasteiger partial charge in [0, 0.05) is 25.3 Å². The van der Waals surface area contributed by atoms with E-state index in [2.05, 4.69) is 5.43 Å². The van der Waals surface area contributed by atoms with Crippen molar-refractivity contribution in [1.29, 1.82) is 0 Å². The summed E-state index contributed by atoms with van der Waals surface area (Å²) >= 11 is 1.45. The lowest BCUT2D eigenvalue weighted by molar-refractivity contribution is -0.141. The molecule has 4 rings (SSSR count). The third-order valence-electron chi connectivity index (χ3n) is 6.99. The summed E-state index contributed by atoms with van der Waals surface area (Å²) in [5, 5.41) is 19.9. The Balaban J connectivity index is 1.71. The van der Waals surface area contributed by atoms with Crippen LogP contribution in [-0.4, -0.2) is 80.6 Å². The van der Waals surface area contributed by atoms with Gasteiger partial charge in [-0.05, 0) is 64.5 Å². The molecule has 0 spiro atoms. The minimum atomic E-state index is -1.48. The Kier molecular flexibility index (Phi) is 8.83. The average Bonchev–Trinajstić information content (AvgIpc) is 3.61. The van der Waals surface area contributed by atoms with Crippen LogP contribution in [0.1, 0.15) is 62.9 Å². The van der Waals surface area contributed by atoms with Crippen LogP contribution in [0.25, 0.3) is 10.9 Å². The number of rotatable bonds is 10. The highest BCUT2D eigenvalue weighted by atomic mass is 32.2. The molecule has 2 aromatic rings. The molecule has 224 valence electrons. The highest BCUT2D eigenvalue weighted by Crippen LogP contribution is 2.40. The molecule has 1 saturated heterocycles. The van der Waals surface area contributed by atoms with Gasteiger partial charge in [0.15, 0.2) is 5.82 Å². The number of amides is 1. The molecule has 1 amide bonds. The third-order valence-corrected chi connectivity index (χ3v) is 7.64. The number of pyridine rings is 1. The molecule has 1 aromatic carbocycles. The highest BCUT2D eigenvalue weighted by molar-refractivity contribution is 7.98. The Morgan fingerprint density at radius 1 is 1.22 bits per heavy atom. The fraction of sp³-hybridized carbons (Fsp3) is 0.556. The normalized spacial score (nSPS) is 18.0. The number of thioether (sulfide) groups is 1. The molecule has 2 atom stereocenters. The number of halogens is 2. The minimum Gasteiger partial charge on any atom is -0.480 e. The number of benzene rings is 1. The Labute approximate surface area is 239 Å². The van der Waals surface area contributed by atoms with Crippen molar-refractivity contribution in [3.05, 3.63) is 39.7 Å². The van der Waals surface area contributed by atoms with Gasteiger partial charge in [-0.2, -0.15) is 11.8 Å². The molecule has 2 heterocycles. The summed E-state index contributed by atoms with van der Waals surface area (Å²) in [6.07, 6.45) is 3.90. The Morgan fingerprint density at radius 2 is 1.90 bits per heavy atom. The molecular formula is C27H34F2N4O7S. The van der Waals surface area contributed by atoms with Crippen molar-refractivity contribution in [2.24, 2.45) is 0 Å². The van der Waals surface area contributed by atoms with E-state index >= 15 is 8.78 Å². The number of nitrogens with zero attached hydrogens (tertiary/aromatic N) is 3. The molecule has 14 heteroatoms. The summed E-state index contributed by atoms with van der Waals surface area (Å²) in [5.74, 6) is -4.17. The molecule has 1 aliphatic heterocycles. The molecule has 1 unspecified atom stereocenters. The van der Waals surface area contributed by atoms with Crippen molar-refractivity contribution in [3.63, 3.8) is 0 Å². The molecule has 1 saturated carbocycles. The molecule has 2 fully saturated rings. The minimum absolute atomic E-state index is 0.0542. The number of nitrogens with one attached hydrogen (secondary N) is 1. The number of carbonyl (C=O) groups is 3. The van der Waals surface area contributed by atoms with E-state index in [1.807, 2.05) is 6.26 Å². The van der Waals surface area contributed by atoms with Gasteiger partial charge in [0.2, 0.25) is 5.43 Å². The first-order chi connectivity index (χ1) is 19.2. The maximum atomic E-state index is 16.1. The van der Waals surface area contributed by atoms with Crippen molar-refractivity contribution in [2.45, 2.75) is 70.2 Å². The van der Waals surface area contributed by atoms with Gasteiger partial charge in [-0.3, -0.25) is 9.59 Å². The summed E-state index contributed by atoms with van der Waals surface area (Å²) in [4.78, 5) is 50.9. The van der Waals surface area contributed by atoms with Crippen LogP contribution >= 0.6 is 11.8 Å². The van der Waals surface area contributed by atoms with E-state index in [0.717, 1.165) is 17.3 Å². The van der Waals surface area contributed by atoms with Gasteiger partial charge in [0.05, 0.1) is 16.9 Å². The third kappa shape index (κ3) is 6.58. The molecular weight excluding hydrogens is 562 g/mol. The monoisotopic (exact) mass is 596 g/mol. The van der Waals surface area contributed by atoms with Gasteiger partial charge >= 0.3 is 18.0 Å². The van der Waals surface area contributed by atoms with E-state index in [0.29, 0.717) is 18.6 Å². The Morgan fingerprint density at radius 3 is 2.46 bits per heavy atom. The fourth-order valence-electron chi connectivity index (χ4n) is 4.94. The molecule has 3 N–H and O–H groups in total. The zero-order chi connectivity index (χ0) is 30.2. The fourth-order valence-corrected chi connectivity index (χ4v) is 5.41. The zero-order valence-corrected chi connectivity index (χ0v) is 24.1. The van der Waals surface area contributed by atoms with Gasteiger partial charge in [-0.15, -0.1) is 0 Å². The number of anilines is 1. The van der Waals surface area contributed by atoms with Crippen molar-refractivity contribution in [3.8, 4) is 0 Å². The molecule has 1 aromatic heterocycles. The number of fused-ring (bicyclic) bond motifs is 1. The number of aliphatic carboxylic acids is 1. The maximum absolute atomic E-state index is 16.1. The second-order valence-corrected chi connectivity index (χ2v) is 12.3. The number of ether oxygens (including phenoxy) is 1. The molecule has 11 nitrogen and oxygen atoms in total. The number of carboxylic acid groups (broad SMARTS) is 2. The summed E-state index contributed by atoms with van der Waals surface area (Å²) in [7, 11) is 0. The second-order valence-electron chi connectivity index (χ2n) is 11.3. The molecule has 2 aliphatic rings. The van der Waals surface area contributed by atoms with Crippen LogP contribution in [0.15, 0.2) is 17.1 Å². The van der Waals surface area contributed by atoms with Crippen LogP contribution in [0.5, 0.6) is 0 Å². The average molecular weight is 597 g/mol. The smallest absolute Gasteiger partial charge is 0.425 e. The lowest BCUT2D eigenvalue weighted by Gasteiger charge is -2.34. The van der Waals surface area contributed by atoms with Gasteiger partial charge in [0.25, 0.3) is 0 Å². The largest absolute Gasteiger partial charge is 0.480 e. The standard InChI is InChI=1S/C27H34F2N4O7S/c1-27(2,3)40-26(39)33(30-19(25(37)38)8-10-41-4)15-7-9-31(12-15)22-18(28)11-16-21(20(22)29)32(14-5-6-14)13-17(23(16)34)24(35)36/h11,13-15,19,30H,5-10,12H2,1-4H3,(H,35,36)(H,37,38)/t15?,19-/m0/s1. The molecule has 0 radical (unpaired) electrons. The van der Waals surface area contributed by atoms with Gasteiger partial charge in [-0.1, -0.05) is 0 Å². The van der Waals surface area contributed by atoms with Crippen LogP contribution in [-0.2, 0) is 9.53 Å². The van der Waals surface area contributed by atoms with Crippen LogP contribution in [0.4, 0.5) is 19.3 Å². The second kappa shape index (κ2) is 11.8. The van der Waals surface area contributed by atoms with E-state index < -0.39 is 64.0 Å². The van der Waals surface area contributed by atoms with E-state index in [9.17, 15) is 29.4 Å². The van der Waals surface area contributed by atoms with Crippen LogP contribution in [0, 0.1) is 11.6 Å². The number of carboxylic acids is 2. The van der Waals surface area contributed by atoms with Crippen molar-refractivity contribution in [1.82, 2.24) is 15.0 Å². The summed E-state index contributed by atoms with van der Waals surface area (Å²) in [6, 6.07) is -1.15. The van der Waals surface area contributed by atoms with Crippen LogP contribution < -0.4 is 15.8 Å². The maximum Gasteiger partial charge on any atom is 0.425 e. The van der Waals surface area contributed by atoms with E-state index in [1.54, 1.807) is 20.8 Å². The highest BCUT2D eigenvalue weighted by Gasteiger charge is 2.38. The Bertz CT molecular complexity index is 1420.